The number of hydrogen-bond acceptors (Lipinski definition) is 3. The van der Waals surface area contributed by atoms with Crippen LogP contribution in [0.5, 0.6) is 0 Å². The fourth-order valence-corrected chi connectivity index (χ4v) is 3.40. The van der Waals surface area contributed by atoms with Gasteiger partial charge in [-0.05, 0) is 38.8 Å². The SMILES string of the molecule is O=C(O)C1CCCC1C(=O)NCCN1CCCCCC1. The van der Waals surface area contributed by atoms with Gasteiger partial charge in [-0.1, -0.05) is 19.3 Å². The molecule has 1 heterocycles. The molecule has 5 heteroatoms. The summed E-state index contributed by atoms with van der Waals surface area (Å²) in [5.41, 5.74) is 0. The highest BCUT2D eigenvalue weighted by atomic mass is 16.4. The number of carbonyl (C=O) groups is 2. The Kier molecular flexibility index (Phi) is 5.83. The Bertz CT molecular complexity index is 338. The zero-order valence-corrected chi connectivity index (χ0v) is 12.1. The normalized spacial score (nSPS) is 28.0. The van der Waals surface area contributed by atoms with E-state index in [4.69, 9.17) is 5.11 Å². The topological polar surface area (TPSA) is 69.6 Å². The highest BCUT2D eigenvalue weighted by molar-refractivity contribution is 5.85. The van der Waals surface area contributed by atoms with Gasteiger partial charge in [0.15, 0.2) is 0 Å². The fourth-order valence-electron chi connectivity index (χ4n) is 3.40. The second-order valence-corrected chi connectivity index (χ2v) is 6.03. The highest BCUT2D eigenvalue weighted by Gasteiger charge is 2.37. The molecular weight excluding hydrogens is 256 g/mol. The molecule has 0 aromatic rings. The highest BCUT2D eigenvalue weighted by Crippen LogP contribution is 2.31. The molecular formula is C15H26N2O3. The number of carboxylic acids is 1. The molecule has 1 aliphatic carbocycles. The first-order valence-electron chi connectivity index (χ1n) is 7.91. The molecule has 2 atom stereocenters. The van der Waals surface area contributed by atoms with Crippen molar-refractivity contribution < 1.29 is 14.7 Å². The summed E-state index contributed by atoms with van der Waals surface area (Å²) in [5.74, 6) is -1.69. The molecule has 2 N–H and O–H groups in total. The predicted octanol–water partition coefficient (Wildman–Crippen LogP) is 1.48. The van der Waals surface area contributed by atoms with Crippen LogP contribution in [0.4, 0.5) is 0 Å². The van der Waals surface area contributed by atoms with Crippen LogP contribution in [-0.4, -0.2) is 48.1 Å². The van der Waals surface area contributed by atoms with Crippen molar-refractivity contribution in [3.8, 4) is 0 Å². The van der Waals surface area contributed by atoms with Crippen LogP contribution in [0, 0.1) is 11.8 Å². The number of likely N-dealkylation sites (tertiary alicyclic amines) is 1. The zero-order chi connectivity index (χ0) is 14.4. The molecule has 0 radical (unpaired) electrons. The molecule has 2 unspecified atom stereocenters. The summed E-state index contributed by atoms with van der Waals surface area (Å²) in [5, 5.41) is 12.0. The van der Waals surface area contributed by atoms with E-state index in [9.17, 15) is 9.59 Å². The van der Waals surface area contributed by atoms with Crippen molar-refractivity contribution in [3.05, 3.63) is 0 Å². The van der Waals surface area contributed by atoms with Crippen LogP contribution in [0.25, 0.3) is 0 Å². The lowest BCUT2D eigenvalue weighted by Crippen LogP contribution is -2.40. The number of carbonyl (C=O) groups excluding carboxylic acids is 1. The summed E-state index contributed by atoms with van der Waals surface area (Å²) in [4.78, 5) is 25.6. The lowest BCUT2D eigenvalue weighted by atomic mass is 9.95. The Labute approximate surface area is 120 Å². The van der Waals surface area contributed by atoms with E-state index in [-0.39, 0.29) is 11.8 Å². The van der Waals surface area contributed by atoms with Crippen molar-refractivity contribution >= 4 is 11.9 Å². The van der Waals surface area contributed by atoms with Crippen LogP contribution < -0.4 is 5.32 Å². The Balaban J connectivity index is 1.70. The summed E-state index contributed by atoms with van der Waals surface area (Å²) in [6, 6.07) is 0. The van der Waals surface area contributed by atoms with E-state index in [1.165, 1.54) is 25.7 Å². The van der Waals surface area contributed by atoms with Gasteiger partial charge in [0.25, 0.3) is 0 Å². The molecule has 2 aliphatic rings. The minimum atomic E-state index is -0.824. The molecule has 0 bridgehead atoms. The van der Waals surface area contributed by atoms with Gasteiger partial charge < -0.3 is 15.3 Å². The molecule has 1 amide bonds. The zero-order valence-electron chi connectivity index (χ0n) is 12.1. The molecule has 1 saturated heterocycles. The molecule has 2 fully saturated rings. The summed E-state index contributed by atoms with van der Waals surface area (Å²) in [6.45, 7) is 3.77. The maximum absolute atomic E-state index is 12.1. The smallest absolute Gasteiger partial charge is 0.307 e. The first-order chi connectivity index (χ1) is 9.68. The van der Waals surface area contributed by atoms with E-state index < -0.39 is 11.9 Å². The van der Waals surface area contributed by atoms with E-state index in [1.807, 2.05) is 0 Å². The first kappa shape index (κ1) is 15.3. The third-order valence-electron chi connectivity index (χ3n) is 4.60. The molecule has 1 saturated carbocycles. The summed E-state index contributed by atoms with van der Waals surface area (Å²) in [6.07, 6.45) is 7.32. The lowest BCUT2D eigenvalue weighted by molar-refractivity contribution is -0.146. The number of aliphatic carboxylic acids is 1. The number of rotatable bonds is 5. The quantitative estimate of drug-likeness (QED) is 0.801. The monoisotopic (exact) mass is 282 g/mol. The van der Waals surface area contributed by atoms with E-state index in [1.54, 1.807) is 0 Å². The number of amides is 1. The van der Waals surface area contributed by atoms with E-state index >= 15 is 0 Å². The largest absolute Gasteiger partial charge is 0.481 e. The molecule has 114 valence electrons. The van der Waals surface area contributed by atoms with Gasteiger partial charge in [0.1, 0.15) is 0 Å². The van der Waals surface area contributed by atoms with Crippen molar-refractivity contribution in [2.24, 2.45) is 11.8 Å². The van der Waals surface area contributed by atoms with Crippen molar-refractivity contribution in [3.63, 3.8) is 0 Å². The third kappa shape index (κ3) is 4.20. The van der Waals surface area contributed by atoms with Crippen LogP contribution in [-0.2, 0) is 9.59 Å². The summed E-state index contributed by atoms with van der Waals surface area (Å²) < 4.78 is 0. The van der Waals surface area contributed by atoms with Gasteiger partial charge in [-0.25, -0.2) is 0 Å². The Morgan fingerprint density at radius 1 is 1.00 bits per heavy atom. The molecule has 0 spiro atoms. The van der Waals surface area contributed by atoms with Crippen LogP contribution in [0.2, 0.25) is 0 Å². The van der Waals surface area contributed by atoms with Gasteiger partial charge in [-0.15, -0.1) is 0 Å². The van der Waals surface area contributed by atoms with Gasteiger partial charge in [0, 0.05) is 13.1 Å². The van der Waals surface area contributed by atoms with E-state index in [2.05, 4.69) is 10.2 Å². The molecule has 0 aromatic carbocycles. The van der Waals surface area contributed by atoms with E-state index in [0.717, 1.165) is 26.1 Å². The van der Waals surface area contributed by atoms with Gasteiger partial charge in [-0.3, -0.25) is 9.59 Å². The number of nitrogens with one attached hydrogen (secondary N) is 1. The first-order valence-corrected chi connectivity index (χ1v) is 7.91. The van der Waals surface area contributed by atoms with Crippen LogP contribution in [0.15, 0.2) is 0 Å². The Morgan fingerprint density at radius 3 is 2.30 bits per heavy atom. The van der Waals surface area contributed by atoms with E-state index in [0.29, 0.717) is 19.4 Å². The summed E-state index contributed by atoms with van der Waals surface area (Å²) in [7, 11) is 0. The van der Waals surface area contributed by atoms with Gasteiger partial charge >= 0.3 is 5.97 Å². The second kappa shape index (κ2) is 7.62. The average molecular weight is 282 g/mol. The van der Waals surface area contributed by atoms with Crippen molar-refractivity contribution in [2.75, 3.05) is 26.2 Å². The third-order valence-corrected chi connectivity index (χ3v) is 4.60. The van der Waals surface area contributed by atoms with Gasteiger partial charge in [0.2, 0.25) is 5.91 Å². The molecule has 5 nitrogen and oxygen atoms in total. The minimum Gasteiger partial charge on any atom is -0.481 e. The number of nitrogens with zero attached hydrogens (tertiary/aromatic N) is 1. The van der Waals surface area contributed by atoms with Crippen LogP contribution >= 0.6 is 0 Å². The van der Waals surface area contributed by atoms with Crippen molar-refractivity contribution in [1.82, 2.24) is 10.2 Å². The Hall–Kier alpha value is -1.10. The fraction of sp³-hybridized carbons (Fsp3) is 0.867. The maximum Gasteiger partial charge on any atom is 0.307 e. The molecule has 0 aromatic heterocycles. The second-order valence-electron chi connectivity index (χ2n) is 6.03. The van der Waals surface area contributed by atoms with Crippen LogP contribution in [0.1, 0.15) is 44.9 Å². The lowest BCUT2D eigenvalue weighted by Gasteiger charge is -2.21. The Morgan fingerprint density at radius 2 is 1.65 bits per heavy atom. The van der Waals surface area contributed by atoms with Crippen LogP contribution in [0.3, 0.4) is 0 Å². The number of hydrogen-bond donors (Lipinski definition) is 2. The molecule has 20 heavy (non-hydrogen) atoms. The minimum absolute atomic E-state index is 0.0651. The van der Waals surface area contributed by atoms with Gasteiger partial charge in [-0.2, -0.15) is 0 Å². The average Bonchev–Trinajstić information content (AvgIpc) is 2.78. The molecule has 2 rings (SSSR count). The maximum atomic E-state index is 12.1. The predicted molar refractivity (Wildman–Crippen MR) is 76.4 cm³/mol. The van der Waals surface area contributed by atoms with Crippen molar-refractivity contribution in [1.29, 1.82) is 0 Å². The summed E-state index contributed by atoms with van der Waals surface area (Å²) >= 11 is 0. The standard InChI is InChI=1S/C15H26N2O3/c18-14(12-6-5-7-13(12)15(19)20)16-8-11-17-9-3-1-2-4-10-17/h12-13H,1-11H2,(H,16,18)(H,19,20). The van der Waals surface area contributed by atoms with Gasteiger partial charge in [0.05, 0.1) is 11.8 Å². The number of carboxylic acid groups (broad SMARTS) is 1. The molecule has 1 aliphatic heterocycles. The van der Waals surface area contributed by atoms with Crippen molar-refractivity contribution in [2.45, 2.75) is 44.9 Å².